The number of aromatic nitrogens is 4. The van der Waals surface area contributed by atoms with Crippen LogP contribution in [-0.4, -0.2) is 129 Å². The summed E-state index contributed by atoms with van der Waals surface area (Å²) in [6.45, 7) is 0. The van der Waals surface area contributed by atoms with E-state index in [2.05, 4.69) is 18.2 Å². The average molecular weight is 954 g/mol. The zero-order chi connectivity index (χ0) is 54.3. The van der Waals surface area contributed by atoms with Gasteiger partial charge in [-0.15, -0.1) is 21.9 Å². The first kappa shape index (κ1) is 49.8. The molecule has 326 valence electrons. The molecule has 0 fully saturated rings. The molecule has 19 heteroatoms. The molecular formula is C59H22B14N4O. The maximum Gasteiger partial charge on any atom is 0.164 e. The summed E-state index contributed by atoms with van der Waals surface area (Å²) in [5.74, 6) is 1.58. The van der Waals surface area contributed by atoms with Crippen LogP contribution in [0.2, 0.25) is 0 Å². The predicted octanol–water partition coefficient (Wildman–Crippen LogP) is -1.38. The van der Waals surface area contributed by atoms with Gasteiger partial charge in [-0.2, -0.15) is 0 Å². The first-order chi connectivity index (χ1) is 37.6. The van der Waals surface area contributed by atoms with Gasteiger partial charge in [-0.05, 0) is 73.5 Å². The Morgan fingerprint density at radius 1 is 0.295 bits per heavy atom. The van der Waals surface area contributed by atoms with Crippen molar-refractivity contribution in [3.63, 3.8) is 0 Å². The number of benzene rings is 10. The second kappa shape index (κ2) is 18.4. The van der Waals surface area contributed by atoms with Crippen molar-refractivity contribution in [2.24, 2.45) is 0 Å². The van der Waals surface area contributed by atoms with Crippen molar-refractivity contribution in [2.75, 3.05) is 0 Å². The monoisotopic (exact) mass is 956 g/mol. The number of hydrogen-bond donors (Lipinski definition) is 0. The molecule has 0 atom stereocenters. The maximum absolute atomic E-state index is 7.28. The fraction of sp³-hybridized carbons (Fsp3) is 0. The summed E-state index contributed by atoms with van der Waals surface area (Å²) in [5.41, 5.74) is 6.96. The lowest BCUT2D eigenvalue weighted by Gasteiger charge is -2.27. The fourth-order valence-electron chi connectivity index (χ4n) is 11.3. The Bertz CT molecular complexity index is 4710. The number of fused-ring (bicyclic) bond motifs is 8. The normalized spacial score (nSPS) is 11.8. The third-order valence-electron chi connectivity index (χ3n) is 15.1. The first-order valence-corrected chi connectivity index (χ1v) is 24.5. The number of rotatable bonds is 6. The molecule has 3 aromatic heterocycles. The SMILES string of the molecule is [B]c1c([B])c(-n2c3c([B])c([B])c([B])c([B])c3c3c([B])c4c([B])c([B])c([B])c([B])c4c([B])c32)c([B])c([B])c1-c1cc(-c2ccc(-c3nc(-c4ccccc4)nc(-c4ccccc4)n3)c3ccccc23)c2c(c1)oc1ccccc12. The highest BCUT2D eigenvalue weighted by atomic mass is 16.3. The van der Waals surface area contributed by atoms with Crippen LogP contribution in [0.5, 0.6) is 0 Å². The quantitative estimate of drug-likeness (QED) is 0.193. The lowest BCUT2D eigenvalue weighted by molar-refractivity contribution is 0.669. The van der Waals surface area contributed by atoms with E-state index in [9.17, 15) is 0 Å². The minimum atomic E-state index is -0.0256. The second-order valence-electron chi connectivity index (χ2n) is 19.3. The molecule has 10 aromatic carbocycles. The van der Waals surface area contributed by atoms with Gasteiger partial charge in [0.05, 0.1) is 0 Å². The number of para-hydroxylation sites is 1. The van der Waals surface area contributed by atoms with Crippen LogP contribution in [-0.2, 0) is 0 Å². The summed E-state index contributed by atoms with van der Waals surface area (Å²) >= 11 is 0. The van der Waals surface area contributed by atoms with Gasteiger partial charge in [-0.25, -0.2) is 15.0 Å². The highest BCUT2D eigenvalue weighted by molar-refractivity contribution is 6.74. The van der Waals surface area contributed by atoms with Crippen LogP contribution in [0.3, 0.4) is 0 Å². The Morgan fingerprint density at radius 3 is 1.33 bits per heavy atom. The molecule has 0 saturated carbocycles. The second-order valence-corrected chi connectivity index (χ2v) is 19.3. The van der Waals surface area contributed by atoms with Gasteiger partial charge >= 0.3 is 0 Å². The van der Waals surface area contributed by atoms with E-state index in [1.54, 1.807) is 4.57 Å². The topological polar surface area (TPSA) is 56.7 Å². The van der Waals surface area contributed by atoms with E-state index in [-0.39, 0.29) is 115 Å². The molecule has 3 heterocycles. The van der Waals surface area contributed by atoms with Crippen LogP contribution >= 0.6 is 0 Å². The lowest BCUT2D eigenvalue weighted by atomic mass is 9.60. The molecule has 0 bridgehead atoms. The van der Waals surface area contributed by atoms with Gasteiger partial charge in [-0.3, -0.25) is 0 Å². The van der Waals surface area contributed by atoms with Crippen LogP contribution in [0.15, 0.2) is 138 Å². The van der Waals surface area contributed by atoms with Gasteiger partial charge < -0.3 is 8.98 Å². The van der Waals surface area contributed by atoms with Crippen molar-refractivity contribution in [1.82, 2.24) is 19.5 Å². The summed E-state index contributed by atoms with van der Waals surface area (Å²) in [6, 6.07) is 43.6. The number of furan rings is 1. The molecule has 78 heavy (non-hydrogen) atoms. The van der Waals surface area contributed by atoms with Crippen LogP contribution in [0.25, 0.3) is 127 Å². The summed E-state index contributed by atoms with van der Waals surface area (Å²) < 4.78 is 8.24. The van der Waals surface area contributed by atoms with Gasteiger partial charge in [0.25, 0.3) is 0 Å². The molecule has 0 aliphatic heterocycles. The van der Waals surface area contributed by atoms with E-state index in [0.717, 1.165) is 49.4 Å². The Kier molecular flexibility index (Phi) is 11.8. The van der Waals surface area contributed by atoms with Crippen molar-refractivity contribution < 1.29 is 4.42 Å². The van der Waals surface area contributed by atoms with E-state index >= 15 is 0 Å². The molecule has 13 rings (SSSR count). The zero-order valence-electron chi connectivity index (χ0n) is 41.5. The molecular weight excluding hydrogens is 932 g/mol. The summed E-state index contributed by atoms with van der Waals surface area (Å²) in [7, 11) is 96.2. The first-order valence-electron chi connectivity index (χ1n) is 24.5. The van der Waals surface area contributed by atoms with Crippen LogP contribution in [0, 0.1) is 0 Å². The minimum absolute atomic E-state index is 0.000144. The molecule has 0 aliphatic carbocycles. The Morgan fingerprint density at radius 2 is 0.744 bits per heavy atom. The fourth-order valence-corrected chi connectivity index (χ4v) is 11.3. The van der Waals surface area contributed by atoms with Crippen molar-refractivity contribution >= 4 is 252 Å². The molecule has 0 aliphatic rings. The summed E-state index contributed by atoms with van der Waals surface area (Å²) in [4.78, 5) is 15.1. The van der Waals surface area contributed by atoms with Crippen molar-refractivity contribution in [2.45, 2.75) is 0 Å². The van der Waals surface area contributed by atoms with Gasteiger partial charge in [0.2, 0.25) is 0 Å². The molecule has 5 nitrogen and oxygen atoms in total. The number of hydrogen-bond acceptors (Lipinski definition) is 4. The van der Waals surface area contributed by atoms with Crippen LogP contribution < -0.4 is 76.5 Å². The molecule has 0 amide bonds. The van der Waals surface area contributed by atoms with Crippen LogP contribution in [0.4, 0.5) is 0 Å². The van der Waals surface area contributed by atoms with Crippen molar-refractivity contribution in [3.8, 4) is 62.1 Å². The Labute approximate surface area is 468 Å². The third kappa shape index (κ3) is 7.18. The van der Waals surface area contributed by atoms with E-state index in [0.29, 0.717) is 39.8 Å². The largest absolute Gasteiger partial charge is 0.456 e. The standard InChI is InChI=1S/C59H22B14N4O/c60-40-36-37(44(64)48(68)47(67)43(36)63)46(66)54-38(40)39-45(65)49(69)50(70)53(73)55(39)77(54)56-51(71)41(61)34(42(62)52(56)72)25-21-31(35-30-17-9-10-18-32(30)78-33(35)22-25)28-19-20-29(27-16-8-7-15-26(27)28)59-75-57(23-11-3-1-4-12-23)74-58(76-59)24-13-5-2-6-14-24/h1-22H. The number of nitrogens with zero attached hydrogens (tertiary/aromatic N) is 4. The lowest BCUT2D eigenvalue weighted by Crippen LogP contribution is -2.50. The Hall–Kier alpha value is -7.76. The van der Waals surface area contributed by atoms with Gasteiger partial charge in [0.15, 0.2) is 17.5 Å². The Balaban J connectivity index is 1.07. The van der Waals surface area contributed by atoms with E-state index in [1.165, 1.54) is 0 Å². The summed E-state index contributed by atoms with van der Waals surface area (Å²) in [6.07, 6.45) is 0. The summed E-state index contributed by atoms with van der Waals surface area (Å²) in [5, 5.41) is 4.48. The smallest absolute Gasteiger partial charge is 0.164 e. The van der Waals surface area contributed by atoms with E-state index in [4.69, 9.17) is 129 Å². The molecule has 28 radical (unpaired) electrons. The molecule has 0 N–H and O–H groups in total. The highest BCUT2D eigenvalue weighted by Gasteiger charge is 2.28. The van der Waals surface area contributed by atoms with Gasteiger partial charge in [0.1, 0.15) is 121 Å². The van der Waals surface area contributed by atoms with Crippen molar-refractivity contribution in [3.05, 3.63) is 133 Å². The van der Waals surface area contributed by atoms with Gasteiger partial charge in [0, 0.05) is 49.6 Å². The van der Waals surface area contributed by atoms with E-state index in [1.807, 2.05) is 115 Å². The van der Waals surface area contributed by atoms with Crippen LogP contribution in [0.1, 0.15) is 0 Å². The average Bonchev–Trinajstić information content (AvgIpc) is 4.04. The van der Waals surface area contributed by atoms with E-state index < -0.39 is 0 Å². The maximum atomic E-state index is 7.28. The molecule has 0 saturated heterocycles. The highest BCUT2D eigenvalue weighted by Crippen LogP contribution is 2.43. The molecule has 0 unspecified atom stereocenters. The van der Waals surface area contributed by atoms with Crippen molar-refractivity contribution in [1.29, 1.82) is 0 Å². The minimum Gasteiger partial charge on any atom is -0.456 e. The molecule has 0 spiro atoms. The molecule has 13 aromatic rings. The predicted molar refractivity (Wildman–Crippen MR) is 339 cm³/mol. The third-order valence-corrected chi connectivity index (χ3v) is 15.1. The van der Waals surface area contributed by atoms with Gasteiger partial charge in [-0.1, -0.05) is 164 Å². The zero-order valence-corrected chi connectivity index (χ0v) is 41.5.